The Morgan fingerprint density at radius 2 is 1.93 bits per heavy atom. The van der Waals surface area contributed by atoms with Crippen LogP contribution >= 0.6 is 0 Å². The summed E-state index contributed by atoms with van der Waals surface area (Å²) in [5.74, 6) is 2.62. The fourth-order valence-electron chi connectivity index (χ4n) is 3.32. The monoisotopic (exact) mass is 389 g/mol. The van der Waals surface area contributed by atoms with Crippen LogP contribution in [-0.4, -0.2) is 76.0 Å². The molecule has 0 spiro atoms. The highest BCUT2D eigenvalue weighted by Crippen LogP contribution is 2.28. The van der Waals surface area contributed by atoms with Gasteiger partial charge in [0.2, 0.25) is 5.95 Å². The molecule has 0 unspecified atom stereocenters. The van der Waals surface area contributed by atoms with E-state index in [0.29, 0.717) is 37.2 Å². The zero-order valence-corrected chi connectivity index (χ0v) is 16.8. The predicted molar refractivity (Wildman–Crippen MR) is 104 cm³/mol. The molecule has 10 nitrogen and oxygen atoms in total. The van der Waals surface area contributed by atoms with Crippen LogP contribution in [0.25, 0.3) is 0 Å². The third kappa shape index (κ3) is 4.45. The second kappa shape index (κ2) is 8.61. The highest BCUT2D eigenvalue weighted by Gasteiger charge is 2.36. The molecule has 2 aromatic rings. The third-order valence-electron chi connectivity index (χ3n) is 4.59. The van der Waals surface area contributed by atoms with Crippen molar-refractivity contribution in [3.8, 4) is 6.01 Å². The molecule has 1 saturated heterocycles. The summed E-state index contributed by atoms with van der Waals surface area (Å²) in [7, 11) is 3.14. The van der Waals surface area contributed by atoms with Crippen molar-refractivity contribution in [2.75, 3.05) is 50.3 Å². The lowest BCUT2D eigenvalue weighted by Crippen LogP contribution is -2.60. The van der Waals surface area contributed by atoms with E-state index in [4.69, 9.17) is 14.6 Å². The number of aliphatic hydroxyl groups is 1. The zero-order chi connectivity index (χ0) is 20.1. The van der Waals surface area contributed by atoms with Crippen molar-refractivity contribution in [3.05, 3.63) is 23.9 Å². The molecule has 1 N–H and O–H groups in total. The molecule has 3 rings (SSSR count). The number of hydrogen-bond acceptors (Lipinski definition) is 10. The number of nitrogens with zero attached hydrogens (tertiary/aromatic N) is 7. The third-order valence-corrected chi connectivity index (χ3v) is 4.59. The maximum atomic E-state index is 9.15. The van der Waals surface area contributed by atoms with Crippen molar-refractivity contribution in [3.63, 3.8) is 0 Å². The molecule has 0 radical (unpaired) electrons. The van der Waals surface area contributed by atoms with Gasteiger partial charge in [0.25, 0.3) is 0 Å². The average molecular weight is 389 g/mol. The molecule has 152 valence electrons. The van der Waals surface area contributed by atoms with Gasteiger partial charge in [0.15, 0.2) is 5.82 Å². The van der Waals surface area contributed by atoms with E-state index in [1.165, 1.54) is 7.11 Å². The predicted octanol–water partition coefficient (Wildman–Crippen LogP) is 0.457. The topological polar surface area (TPSA) is 110 Å². The Kier molecular flexibility index (Phi) is 6.20. The summed E-state index contributed by atoms with van der Waals surface area (Å²) in [6.45, 7) is 6.81. The summed E-state index contributed by atoms with van der Waals surface area (Å²) >= 11 is 0. The van der Waals surface area contributed by atoms with Gasteiger partial charge >= 0.3 is 6.01 Å². The van der Waals surface area contributed by atoms with E-state index in [1.54, 1.807) is 13.3 Å². The van der Waals surface area contributed by atoms with E-state index in [-0.39, 0.29) is 18.2 Å². The van der Waals surface area contributed by atoms with Crippen LogP contribution in [0.2, 0.25) is 0 Å². The van der Waals surface area contributed by atoms with Crippen molar-refractivity contribution in [2.24, 2.45) is 0 Å². The minimum atomic E-state index is -0.218. The summed E-state index contributed by atoms with van der Waals surface area (Å²) in [4.78, 5) is 26.4. The maximum absolute atomic E-state index is 9.15. The fourth-order valence-corrected chi connectivity index (χ4v) is 3.32. The van der Waals surface area contributed by atoms with Gasteiger partial charge in [0.05, 0.1) is 19.3 Å². The number of aromatic nitrogens is 5. The molecule has 0 amide bonds. The molecule has 2 aromatic heterocycles. The summed E-state index contributed by atoms with van der Waals surface area (Å²) in [5.41, 5.74) is -0.218. The molecule has 3 heterocycles. The molecule has 0 aromatic carbocycles. The SMILES string of the molecule is COCc1nc(OC)nc(N2CCN(c3ccnc(CCO)n3)C(C)(C)C2)n1. The highest BCUT2D eigenvalue weighted by molar-refractivity contribution is 5.46. The number of aliphatic hydroxyl groups excluding tert-OH is 1. The number of rotatable bonds is 7. The first-order valence-electron chi connectivity index (χ1n) is 9.20. The summed E-state index contributed by atoms with van der Waals surface area (Å²) in [6.07, 6.45) is 2.19. The smallest absolute Gasteiger partial charge is 0.321 e. The van der Waals surface area contributed by atoms with Gasteiger partial charge in [-0.1, -0.05) is 0 Å². The molecule has 10 heteroatoms. The lowest BCUT2D eigenvalue weighted by molar-refractivity contribution is 0.176. The molecule has 0 aliphatic carbocycles. The first kappa shape index (κ1) is 20.2. The normalized spacial score (nSPS) is 16.3. The Morgan fingerprint density at radius 3 is 2.61 bits per heavy atom. The van der Waals surface area contributed by atoms with Crippen molar-refractivity contribution in [1.29, 1.82) is 0 Å². The van der Waals surface area contributed by atoms with Crippen LogP contribution < -0.4 is 14.5 Å². The lowest BCUT2D eigenvalue weighted by atomic mass is 9.99. The largest absolute Gasteiger partial charge is 0.467 e. The molecule has 28 heavy (non-hydrogen) atoms. The Morgan fingerprint density at radius 1 is 1.11 bits per heavy atom. The highest BCUT2D eigenvalue weighted by atomic mass is 16.5. The number of ether oxygens (including phenoxy) is 2. The van der Waals surface area contributed by atoms with Gasteiger partial charge in [-0.05, 0) is 19.9 Å². The number of hydrogen-bond donors (Lipinski definition) is 1. The van der Waals surface area contributed by atoms with Crippen LogP contribution in [0.15, 0.2) is 12.3 Å². The standard InChI is InChI=1S/C18H27N7O3/c1-18(2)12-24(16-21-14(11-27-3)22-17(23-16)28-4)8-9-25(18)15-5-7-19-13(20-15)6-10-26/h5,7,26H,6,8-12H2,1-4H3. The molecule has 0 saturated carbocycles. The average Bonchev–Trinajstić information content (AvgIpc) is 2.67. The van der Waals surface area contributed by atoms with Crippen LogP contribution in [0.5, 0.6) is 6.01 Å². The van der Waals surface area contributed by atoms with E-state index in [1.807, 2.05) is 6.07 Å². The quantitative estimate of drug-likeness (QED) is 0.717. The maximum Gasteiger partial charge on any atom is 0.321 e. The van der Waals surface area contributed by atoms with Crippen LogP contribution in [0.1, 0.15) is 25.5 Å². The molecule has 1 aliphatic heterocycles. The van der Waals surface area contributed by atoms with Gasteiger partial charge in [0, 0.05) is 39.4 Å². The minimum Gasteiger partial charge on any atom is -0.467 e. The Balaban J connectivity index is 1.82. The first-order chi connectivity index (χ1) is 13.5. The van der Waals surface area contributed by atoms with Gasteiger partial charge < -0.3 is 24.4 Å². The van der Waals surface area contributed by atoms with Crippen molar-refractivity contribution >= 4 is 11.8 Å². The van der Waals surface area contributed by atoms with E-state index >= 15 is 0 Å². The van der Waals surface area contributed by atoms with Gasteiger partial charge in [-0.3, -0.25) is 0 Å². The van der Waals surface area contributed by atoms with E-state index < -0.39 is 0 Å². The van der Waals surface area contributed by atoms with Crippen LogP contribution in [0, 0.1) is 0 Å². The molecular formula is C18H27N7O3. The number of anilines is 2. The van der Waals surface area contributed by atoms with Crippen LogP contribution in [-0.2, 0) is 17.8 Å². The molecular weight excluding hydrogens is 362 g/mol. The van der Waals surface area contributed by atoms with Crippen molar-refractivity contribution in [2.45, 2.75) is 32.4 Å². The molecule has 1 fully saturated rings. The summed E-state index contributed by atoms with van der Waals surface area (Å²) in [6, 6.07) is 2.18. The number of methoxy groups -OCH3 is 2. The Hall–Kier alpha value is -2.59. The van der Waals surface area contributed by atoms with Gasteiger partial charge in [-0.25, -0.2) is 9.97 Å². The van der Waals surface area contributed by atoms with E-state index in [0.717, 1.165) is 18.9 Å². The zero-order valence-electron chi connectivity index (χ0n) is 16.8. The minimum absolute atomic E-state index is 0.0334. The van der Waals surface area contributed by atoms with E-state index in [2.05, 4.69) is 48.6 Å². The van der Waals surface area contributed by atoms with Gasteiger partial charge in [-0.2, -0.15) is 15.0 Å². The van der Waals surface area contributed by atoms with Gasteiger partial charge in [0.1, 0.15) is 18.2 Å². The fraction of sp³-hybridized carbons (Fsp3) is 0.611. The second-order valence-corrected chi connectivity index (χ2v) is 7.16. The first-order valence-corrected chi connectivity index (χ1v) is 9.20. The lowest BCUT2D eigenvalue weighted by Gasteiger charge is -2.47. The van der Waals surface area contributed by atoms with Crippen LogP contribution in [0.3, 0.4) is 0 Å². The van der Waals surface area contributed by atoms with Crippen LogP contribution in [0.4, 0.5) is 11.8 Å². The van der Waals surface area contributed by atoms with Crippen molar-refractivity contribution in [1.82, 2.24) is 24.9 Å². The summed E-state index contributed by atoms with van der Waals surface area (Å²) < 4.78 is 10.4. The summed E-state index contributed by atoms with van der Waals surface area (Å²) in [5, 5.41) is 9.15. The molecule has 1 aliphatic rings. The van der Waals surface area contributed by atoms with E-state index in [9.17, 15) is 0 Å². The molecule has 0 bridgehead atoms. The molecule has 0 atom stereocenters. The Labute approximate surface area is 164 Å². The Bertz CT molecular complexity index is 802. The second-order valence-electron chi connectivity index (χ2n) is 7.16. The number of piperazine rings is 1. The van der Waals surface area contributed by atoms with Gasteiger partial charge in [-0.15, -0.1) is 0 Å². The van der Waals surface area contributed by atoms with Crippen molar-refractivity contribution < 1.29 is 14.6 Å².